The molecular weight excluding hydrogens is 363 g/mol. The third kappa shape index (κ3) is 3.19. The van der Waals surface area contributed by atoms with Gasteiger partial charge in [-0.15, -0.1) is 0 Å². The molecule has 0 fully saturated rings. The Kier molecular flexibility index (Phi) is 4.85. The third-order valence-electron chi connectivity index (χ3n) is 2.89. The quantitative estimate of drug-likeness (QED) is 0.741. The number of benzene rings is 2. The normalized spacial score (nSPS) is 10.3. The summed E-state index contributed by atoms with van der Waals surface area (Å²) < 4.78 is 24.7. The Morgan fingerprint density at radius 1 is 1.10 bits per heavy atom. The molecule has 0 aliphatic heterocycles. The predicted molar refractivity (Wildman–Crippen MR) is 82.1 cm³/mol. The first-order valence-electron chi connectivity index (χ1n) is 5.89. The average Bonchev–Trinajstić information content (AvgIpc) is 2.48. The molecule has 0 aliphatic carbocycles. The second-order valence-corrected chi connectivity index (χ2v) is 5.43. The van der Waals surface area contributed by atoms with Crippen LogP contribution in [0.1, 0.15) is 15.9 Å². The molecule has 0 bridgehead atoms. The Hall–Kier alpha value is -1.59. The van der Waals surface area contributed by atoms with Crippen molar-refractivity contribution in [1.82, 2.24) is 0 Å². The SMILES string of the molecule is COc1cc(F)c(C(=O)c2cc(Cl)ccc2Br)cc1OC. The van der Waals surface area contributed by atoms with E-state index >= 15 is 0 Å². The Morgan fingerprint density at radius 3 is 2.33 bits per heavy atom. The van der Waals surface area contributed by atoms with E-state index in [0.717, 1.165) is 6.07 Å². The zero-order valence-electron chi connectivity index (χ0n) is 11.2. The van der Waals surface area contributed by atoms with Crippen molar-refractivity contribution < 1.29 is 18.7 Å². The molecule has 0 aliphatic rings. The second kappa shape index (κ2) is 6.45. The minimum atomic E-state index is -0.690. The van der Waals surface area contributed by atoms with Gasteiger partial charge >= 0.3 is 0 Å². The van der Waals surface area contributed by atoms with Gasteiger partial charge in [-0.25, -0.2) is 4.39 Å². The molecule has 0 atom stereocenters. The summed E-state index contributed by atoms with van der Waals surface area (Å²) in [4.78, 5) is 12.5. The topological polar surface area (TPSA) is 35.5 Å². The van der Waals surface area contributed by atoms with Crippen LogP contribution in [-0.4, -0.2) is 20.0 Å². The van der Waals surface area contributed by atoms with E-state index in [9.17, 15) is 9.18 Å². The van der Waals surface area contributed by atoms with Gasteiger partial charge in [-0.2, -0.15) is 0 Å². The lowest BCUT2D eigenvalue weighted by molar-refractivity contribution is 0.103. The van der Waals surface area contributed by atoms with Crippen molar-refractivity contribution in [2.24, 2.45) is 0 Å². The van der Waals surface area contributed by atoms with E-state index in [2.05, 4.69) is 15.9 Å². The van der Waals surface area contributed by atoms with Crippen LogP contribution in [0.15, 0.2) is 34.8 Å². The fraction of sp³-hybridized carbons (Fsp3) is 0.133. The molecule has 0 saturated carbocycles. The minimum Gasteiger partial charge on any atom is -0.493 e. The van der Waals surface area contributed by atoms with Crippen molar-refractivity contribution in [3.63, 3.8) is 0 Å². The largest absolute Gasteiger partial charge is 0.493 e. The van der Waals surface area contributed by atoms with Crippen LogP contribution in [0.3, 0.4) is 0 Å². The van der Waals surface area contributed by atoms with E-state index in [-0.39, 0.29) is 22.6 Å². The van der Waals surface area contributed by atoms with Crippen LogP contribution < -0.4 is 9.47 Å². The van der Waals surface area contributed by atoms with Crippen LogP contribution in [0.4, 0.5) is 4.39 Å². The third-order valence-corrected chi connectivity index (χ3v) is 3.82. The van der Waals surface area contributed by atoms with Crippen molar-refractivity contribution in [3.8, 4) is 11.5 Å². The summed E-state index contributed by atoms with van der Waals surface area (Å²) >= 11 is 9.14. The number of halogens is 3. The van der Waals surface area contributed by atoms with Crippen molar-refractivity contribution in [1.29, 1.82) is 0 Å². The van der Waals surface area contributed by atoms with Gasteiger partial charge in [0, 0.05) is 21.1 Å². The second-order valence-electron chi connectivity index (χ2n) is 4.14. The van der Waals surface area contributed by atoms with E-state index in [1.165, 1.54) is 26.4 Å². The molecule has 6 heteroatoms. The van der Waals surface area contributed by atoms with Gasteiger partial charge in [0.2, 0.25) is 0 Å². The molecule has 3 nitrogen and oxygen atoms in total. The average molecular weight is 374 g/mol. The smallest absolute Gasteiger partial charge is 0.197 e. The van der Waals surface area contributed by atoms with Gasteiger partial charge in [0.1, 0.15) is 5.82 Å². The number of methoxy groups -OCH3 is 2. The zero-order chi connectivity index (χ0) is 15.6. The van der Waals surface area contributed by atoms with Crippen LogP contribution in [-0.2, 0) is 0 Å². The standard InChI is InChI=1S/C15H11BrClFO3/c1-20-13-6-10(12(18)7-14(13)21-2)15(19)9-5-8(17)3-4-11(9)16/h3-7H,1-2H3. The maximum Gasteiger partial charge on any atom is 0.197 e. The molecule has 0 unspecified atom stereocenters. The highest BCUT2D eigenvalue weighted by molar-refractivity contribution is 9.10. The molecule has 0 heterocycles. The van der Waals surface area contributed by atoms with Crippen molar-refractivity contribution >= 4 is 33.3 Å². The molecule has 2 rings (SSSR count). The molecule has 0 aromatic heterocycles. The highest BCUT2D eigenvalue weighted by Crippen LogP contribution is 2.32. The fourth-order valence-corrected chi connectivity index (χ4v) is 2.44. The van der Waals surface area contributed by atoms with Crippen molar-refractivity contribution in [2.75, 3.05) is 14.2 Å². The maximum absolute atomic E-state index is 14.1. The first-order valence-corrected chi connectivity index (χ1v) is 7.06. The van der Waals surface area contributed by atoms with E-state index in [0.29, 0.717) is 9.50 Å². The summed E-state index contributed by atoms with van der Waals surface area (Å²) in [6.45, 7) is 0. The number of carbonyl (C=O) groups is 1. The van der Waals surface area contributed by atoms with Gasteiger partial charge < -0.3 is 9.47 Å². The number of rotatable bonds is 4. The highest BCUT2D eigenvalue weighted by Gasteiger charge is 2.20. The molecule has 21 heavy (non-hydrogen) atoms. The molecule has 0 amide bonds. The summed E-state index contributed by atoms with van der Waals surface area (Å²) in [6, 6.07) is 7.17. The van der Waals surface area contributed by atoms with E-state index in [1.807, 2.05) is 0 Å². The zero-order valence-corrected chi connectivity index (χ0v) is 13.6. The van der Waals surface area contributed by atoms with E-state index in [1.54, 1.807) is 12.1 Å². The highest BCUT2D eigenvalue weighted by atomic mass is 79.9. The van der Waals surface area contributed by atoms with Gasteiger partial charge in [0.05, 0.1) is 19.8 Å². The Bertz CT molecular complexity index is 704. The number of hydrogen-bond acceptors (Lipinski definition) is 3. The van der Waals surface area contributed by atoms with E-state index < -0.39 is 11.6 Å². The Balaban J connectivity index is 2.55. The summed E-state index contributed by atoms with van der Waals surface area (Å²) in [7, 11) is 2.81. The summed E-state index contributed by atoms with van der Waals surface area (Å²) in [5.74, 6) is -0.690. The van der Waals surface area contributed by atoms with Gasteiger partial charge in [-0.1, -0.05) is 27.5 Å². The Morgan fingerprint density at radius 2 is 1.71 bits per heavy atom. The van der Waals surface area contributed by atoms with Crippen LogP contribution >= 0.6 is 27.5 Å². The molecule has 110 valence electrons. The minimum absolute atomic E-state index is 0.115. The fourth-order valence-electron chi connectivity index (χ4n) is 1.84. The Labute approximate surface area is 134 Å². The summed E-state index contributed by atoms with van der Waals surface area (Å²) in [6.07, 6.45) is 0. The van der Waals surface area contributed by atoms with Gasteiger partial charge in [0.15, 0.2) is 17.3 Å². The number of hydrogen-bond donors (Lipinski definition) is 0. The molecule has 0 spiro atoms. The van der Waals surface area contributed by atoms with E-state index in [4.69, 9.17) is 21.1 Å². The molecule has 0 N–H and O–H groups in total. The van der Waals surface area contributed by atoms with Crippen LogP contribution in [0, 0.1) is 5.82 Å². The van der Waals surface area contributed by atoms with Crippen LogP contribution in [0.25, 0.3) is 0 Å². The molecule has 0 saturated heterocycles. The number of carbonyl (C=O) groups excluding carboxylic acids is 1. The first-order chi connectivity index (χ1) is 9.97. The van der Waals surface area contributed by atoms with Crippen LogP contribution in [0.2, 0.25) is 5.02 Å². The summed E-state index contributed by atoms with van der Waals surface area (Å²) in [5.41, 5.74) is 0.157. The molecular formula is C15H11BrClFO3. The predicted octanol–water partition coefficient (Wildman–Crippen LogP) is 4.49. The molecule has 0 radical (unpaired) electrons. The maximum atomic E-state index is 14.1. The number of ketones is 1. The van der Waals surface area contributed by atoms with Crippen molar-refractivity contribution in [3.05, 3.63) is 56.8 Å². The molecule has 2 aromatic carbocycles. The van der Waals surface area contributed by atoms with Gasteiger partial charge in [-0.05, 0) is 24.3 Å². The summed E-state index contributed by atoms with van der Waals surface area (Å²) in [5, 5.41) is 0.391. The lowest BCUT2D eigenvalue weighted by atomic mass is 10.0. The van der Waals surface area contributed by atoms with Gasteiger partial charge in [0.25, 0.3) is 0 Å². The van der Waals surface area contributed by atoms with Gasteiger partial charge in [-0.3, -0.25) is 4.79 Å². The molecule has 2 aromatic rings. The lowest BCUT2D eigenvalue weighted by Crippen LogP contribution is -2.06. The van der Waals surface area contributed by atoms with Crippen molar-refractivity contribution in [2.45, 2.75) is 0 Å². The number of ether oxygens (including phenoxy) is 2. The monoisotopic (exact) mass is 372 g/mol. The van der Waals surface area contributed by atoms with Crippen LogP contribution in [0.5, 0.6) is 11.5 Å². The first kappa shape index (κ1) is 15.8. The lowest BCUT2D eigenvalue weighted by Gasteiger charge is -2.11.